The molecule has 0 radical (unpaired) electrons. The summed E-state index contributed by atoms with van der Waals surface area (Å²) in [5.41, 5.74) is 9.43. The van der Waals surface area contributed by atoms with Crippen LogP contribution in [0, 0.1) is 15.5 Å². The quantitative estimate of drug-likeness (QED) is 0.489. The van der Waals surface area contributed by atoms with Gasteiger partial charge in [0.15, 0.2) is 0 Å². The van der Waals surface area contributed by atoms with E-state index in [2.05, 4.69) is 15.3 Å². The molecule has 1 amide bonds. The largest absolute Gasteiger partial charge is 0.378 e. The molecule has 0 aliphatic rings. The minimum atomic E-state index is -0.792. The molecule has 1 aromatic rings. The summed E-state index contributed by atoms with van der Waals surface area (Å²) in [4.78, 5) is 28.4. The molecule has 0 fully saturated rings. The van der Waals surface area contributed by atoms with Crippen LogP contribution in [0.15, 0.2) is 6.20 Å². The highest BCUT2D eigenvalue weighted by molar-refractivity contribution is 5.80. The van der Waals surface area contributed by atoms with E-state index in [1.165, 1.54) is 0 Å². The number of amides is 1. The molecule has 1 aromatic heterocycles. The molecule has 98 valence electrons. The molecule has 0 bridgehead atoms. The Balaban J connectivity index is 2.79. The molecular weight excluding hydrogens is 240 g/mol. The highest BCUT2D eigenvalue weighted by atomic mass is 16.6. The van der Waals surface area contributed by atoms with Crippen molar-refractivity contribution in [2.45, 2.75) is 13.8 Å². The number of carbonyl (C=O) groups excluding carboxylic acids is 1. The monoisotopic (exact) mass is 254 g/mol. The zero-order chi connectivity index (χ0) is 13.9. The SMILES string of the molecule is CC(C)(CNc1ncc([N+](=O)[O-])c(N)n1)C(N)=O. The smallest absolute Gasteiger partial charge is 0.329 e. The number of anilines is 2. The lowest BCUT2D eigenvalue weighted by molar-refractivity contribution is -0.384. The zero-order valence-corrected chi connectivity index (χ0v) is 10.0. The van der Waals surface area contributed by atoms with Gasteiger partial charge in [0.1, 0.15) is 6.20 Å². The molecule has 0 aliphatic carbocycles. The molecule has 0 saturated heterocycles. The third kappa shape index (κ3) is 3.03. The number of carbonyl (C=O) groups is 1. The molecular formula is C9H14N6O3. The van der Waals surface area contributed by atoms with Gasteiger partial charge in [-0.15, -0.1) is 0 Å². The van der Waals surface area contributed by atoms with Crippen LogP contribution >= 0.6 is 0 Å². The highest BCUT2D eigenvalue weighted by Gasteiger charge is 2.25. The first kappa shape index (κ1) is 13.6. The van der Waals surface area contributed by atoms with Crippen molar-refractivity contribution in [1.29, 1.82) is 0 Å². The van der Waals surface area contributed by atoms with E-state index < -0.39 is 16.2 Å². The molecule has 5 N–H and O–H groups in total. The van der Waals surface area contributed by atoms with Crippen LogP contribution in [-0.2, 0) is 4.79 Å². The molecule has 0 aliphatic heterocycles. The average Bonchev–Trinajstić information content (AvgIpc) is 2.25. The second-order valence-corrected chi connectivity index (χ2v) is 4.32. The number of rotatable bonds is 5. The lowest BCUT2D eigenvalue weighted by Gasteiger charge is -2.20. The highest BCUT2D eigenvalue weighted by Crippen LogP contribution is 2.19. The number of hydrogen-bond acceptors (Lipinski definition) is 7. The Morgan fingerprint density at radius 1 is 1.61 bits per heavy atom. The van der Waals surface area contributed by atoms with Crippen LogP contribution in [0.1, 0.15) is 13.8 Å². The first-order chi connectivity index (χ1) is 8.24. The van der Waals surface area contributed by atoms with Gasteiger partial charge in [0, 0.05) is 6.54 Å². The summed E-state index contributed by atoms with van der Waals surface area (Å²) in [6, 6.07) is 0. The van der Waals surface area contributed by atoms with Gasteiger partial charge in [-0.1, -0.05) is 0 Å². The summed E-state index contributed by atoms with van der Waals surface area (Å²) in [6.07, 6.45) is 1.00. The van der Waals surface area contributed by atoms with Crippen molar-refractivity contribution < 1.29 is 9.72 Å². The van der Waals surface area contributed by atoms with Crippen molar-refractivity contribution in [1.82, 2.24) is 9.97 Å². The lowest BCUT2D eigenvalue weighted by Crippen LogP contribution is -2.37. The van der Waals surface area contributed by atoms with E-state index in [1.807, 2.05) is 0 Å². The lowest BCUT2D eigenvalue weighted by atomic mass is 9.93. The maximum absolute atomic E-state index is 11.1. The van der Waals surface area contributed by atoms with Crippen LogP contribution < -0.4 is 16.8 Å². The van der Waals surface area contributed by atoms with Crippen molar-refractivity contribution in [3.05, 3.63) is 16.3 Å². The Morgan fingerprint density at radius 2 is 2.22 bits per heavy atom. The molecule has 1 heterocycles. The van der Waals surface area contributed by atoms with Gasteiger partial charge in [-0.25, -0.2) is 4.98 Å². The van der Waals surface area contributed by atoms with Crippen LogP contribution in [0.3, 0.4) is 0 Å². The molecule has 0 atom stereocenters. The summed E-state index contributed by atoms with van der Waals surface area (Å²) < 4.78 is 0. The van der Waals surface area contributed by atoms with E-state index in [-0.39, 0.29) is 24.0 Å². The second kappa shape index (κ2) is 4.82. The van der Waals surface area contributed by atoms with Crippen LogP contribution in [0.2, 0.25) is 0 Å². The van der Waals surface area contributed by atoms with Gasteiger partial charge in [-0.3, -0.25) is 14.9 Å². The fourth-order valence-electron chi connectivity index (χ4n) is 1.00. The van der Waals surface area contributed by atoms with E-state index in [0.717, 1.165) is 6.20 Å². The summed E-state index contributed by atoms with van der Waals surface area (Å²) in [7, 11) is 0. The van der Waals surface area contributed by atoms with Gasteiger partial charge in [-0.2, -0.15) is 4.98 Å². The van der Waals surface area contributed by atoms with Gasteiger partial charge in [-0.05, 0) is 13.8 Å². The second-order valence-electron chi connectivity index (χ2n) is 4.32. The number of nitrogens with one attached hydrogen (secondary N) is 1. The summed E-state index contributed by atoms with van der Waals surface area (Å²) in [5, 5.41) is 13.3. The number of primary amides is 1. The molecule has 0 aromatic carbocycles. The van der Waals surface area contributed by atoms with E-state index in [1.54, 1.807) is 13.8 Å². The van der Waals surface area contributed by atoms with Crippen LogP contribution in [0.25, 0.3) is 0 Å². The summed E-state index contributed by atoms with van der Waals surface area (Å²) in [5.74, 6) is -0.619. The minimum Gasteiger partial charge on any atom is -0.378 e. The molecule has 0 unspecified atom stereocenters. The molecule has 1 rings (SSSR count). The summed E-state index contributed by atoms with van der Waals surface area (Å²) in [6.45, 7) is 3.49. The van der Waals surface area contributed by atoms with E-state index in [4.69, 9.17) is 11.5 Å². The average molecular weight is 254 g/mol. The standard InChI is InChI=1S/C9H14N6O3/c1-9(2,7(11)16)4-13-8-12-3-5(15(17)18)6(10)14-8/h3H,4H2,1-2H3,(H2,11,16)(H3,10,12,13,14). The molecule has 0 spiro atoms. The molecule has 18 heavy (non-hydrogen) atoms. The third-order valence-electron chi connectivity index (χ3n) is 2.35. The van der Waals surface area contributed by atoms with Gasteiger partial charge < -0.3 is 16.8 Å². The van der Waals surface area contributed by atoms with Crippen molar-refractivity contribution in [2.75, 3.05) is 17.6 Å². The van der Waals surface area contributed by atoms with Crippen molar-refractivity contribution in [3.8, 4) is 0 Å². The fourth-order valence-corrected chi connectivity index (χ4v) is 1.00. The Hall–Kier alpha value is -2.45. The molecule has 0 saturated carbocycles. The van der Waals surface area contributed by atoms with Gasteiger partial charge in [0.05, 0.1) is 10.3 Å². The number of hydrogen-bond donors (Lipinski definition) is 3. The Bertz CT molecular complexity index is 487. The number of nitro groups is 1. The van der Waals surface area contributed by atoms with Gasteiger partial charge >= 0.3 is 5.69 Å². The Labute approximate surface area is 103 Å². The first-order valence-corrected chi connectivity index (χ1v) is 5.05. The van der Waals surface area contributed by atoms with E-state index in [0.29, 0.717) is 0 Å². The van der Waals surface area contributed by atoms with Gasteiger partial charge in [0.2, 0.25) is 17.7 Å². The van der Waals surface area contributed by atoms with Crippen molar-refractivity contribution in [3.63, 3.8) is 0 Å². The van der Waals surface area contributed by atoms with Crippen molar-refractivity contribution in [2.24, 2.45) is 11.1 Å². The van der Waals surface area contributed by atoms with E-state index >= 15 is 0 Å². The van der Waals surface area contributed by atoms with Crippen LogP contribution in [-0.4, -0.2) is 27.3 Å². The predicted molar refractivity (Wildman–Crippen MR) is 64.6 cm³/mol. The van der Waals surface area contributed by atoms with Gasteiger partial charge in [0.25, 0.3) is 0 Å². The molecule has 9 heteroatoms. The number of nitrogens with zero attached hydrogens (tertiary/aromatic N) is 3. The van der Waals surface area contributed by atoms with Crippen LogP contribution in [0.4, 0.5) is 17.5 Å². The minimum absolute atomic E-state index is 0.104. The Morgan fingerprint density at radius 3 is 2.67 bits per heavy atom. The predicted octanol–water partition coefficient (Wildman–Crippen LogP) is -0.110. The number of nitrogens with two attached hydrogens (primary N) is 2. The maximum Gasteiger partial charge on any atom is 0.329 e. The third-order valence-corrected chi connectivity index (χ3v) is 2.35. The Kier molecular flexibility index (Phi) is 3.64. The molecule has 9 nitrogen and oxygen atoms in total. The number of aromatic nitrogens is 2. The first-order valence-electron chi connectivity index (χ1n) is 5.05. The van der Waals surface area contributed by atoms with Crippen molar-refractivity contribution >= 4 is 23.4 Å². The topological polar surface area (TPSA) is 150 Å². The summed E-state index contributed by atoms with van der Waals surface area (Å²) >= 11 is 0. The van der Waals surface area contributed by atoms with Crippen LogP contribution in [0.5, 0.6) is 0 Å². The van der Waals surface area contributed by atoms with E-state index in [9.17, 15) is 14.9 Å². The fraction of sp³-hybridized carbons (Fsp3) is 0.444. The normalized spacial score (nSPS) is 11.0. The zero-order valence-electron chi connectivity index (χ0n) is 10.0. The number of nitrogen functional groups attached to an aromatic ring is 1. The maximum atomic E-state index is 11.1.